The van der Waals surface area contributed by atoms with Gasteiger partial charge in [-0.05, 0) is 6.07 Å². The molecule has 0 amide bonds. The van der Waals surface area contributed by atoms with Crippen molar-refractivity contribution in [3.63, 3.8) is 0 Å². The first kappa shape index (κ1) is 23.0. The third kappa shape index (κ3) is 4.14. The molecule has 3 heterocycles. The average Bonchev–Trinajstić information content (AvgIpc) is 3.15. The van der Waals surface area contributed by atoms with Crippen molar-refractivity contribution in [1.29, 1.82) is 0 Å². The van der Waals surface area contributed by atoms with Gasteiger partial charge in [0, 0.05) is 50.3 Å². The number of hydrogen-bond acceptors (Lipinski definition) is 6. The Morgan fingerprint density at radius 1 is 1.24 bits per heavy atom. The van der Waals surface area contributed by atoms with E-state index >= 15 is 0 Å². The molecule has 1 atom stereocenters. The smallest absolute Gasteiger partial charge is 0.341 e. The number of ether oxygens (including phenoxy) is 3. The van der Waals surface area contributed by atoms with Gasteiger partial charge in [0.15, 0.2) is 5.43 Å². The van der Waals surface area contributed by atoms with E-state index in [0.29, 0.717) is 43.3 Å². The molecule has 9 heteroatoms. The number of carbonyl (C=O) groups is 1. The van der Waals surface area contributed by atoms with E-state index in [1.54, 1.807) is 14.2 Å². The molecule has 0 radical (unpaired) electrons. The highest BCUT2D eigenvalue weighted by Crippen LogP contribution is 2.43. The summed E-state index contributed by atoms with van der Waals surface area (Å²) in [5.41, 5.74) is 0.957. The minimum absolute atomic E-state index is 0.181. The number of benzene rings is 1. The molecular formula is C24H29N3O6. The summed E-state index contributed by atoms with van der Waals surface area (Å²) in [4.78, 5) is 24.4. The summed E-state index contributed by atoms with van der Waals surface area (Å²) >= 11 is 0. The van der Waals surface area contributed by atoms with Crippen LogP contribution in [0.3, 0.4) is 0 Å². The lowest BCUT2D eigenvalue weighted by atomic mass is 9.83. The molecule has 0 spiro atoms. The van der Waals surface area contributed by atoms with Crippen LogP contribution in [0.2, 0.25) is 0 Å². The van der Waals surface area contributed by atoms with Crippen molar-refractivity contribution < 1.29 is 24.1 Å². The Hall–Kier alpha value is -3.17. The SMILES string of the molecule is COCCCOc1cccc2c3n(nc12)C[C@H](C(C)(C)COC)n1cc(C(=O)O)c(=O)cc1-3. The zero-order valence-corrected chi connectivity index (χ0v) is 19.3. The van der Waals surface area contributed by atoms with Crippen molar-refractivity contribution >= 4 is 16.9 Å². The molecule has 1 aliphatic heterocycles. The molecule has 9 nitrogen and oxygen atoms in total. The number of carboxylic acids is 1. The maximum atomic E-state index is 12.7. The van der Waals surface area contributed by atoms with Crippen LogP contribution in [-0.4, -0.2) is 59.5 Å². The molecule has 0 saturated carbocycles. The standard InChI is InChI=1S/C24H29N3O6/c1-24(2,14-32-4)20-13-27-22(17-11-18(28)16(23(29)30)12-26(17)20)15-7-5-8-19(21(15)25-27)33-10-6-9-31-3/h5,7-8,11-12,20H,6,9-10,13-14H2,1-4H3,(H,29,30)/t20-/m1/s1. The lowest BCUT2D eigenvalue weighted by molar-refractivity contribution is 0.0530. The highest BCUT2D eigenvalue weighted by Gasteiger charge is 2.38. The zero-order valence-electron chi connectivity index (χ0n) is 19.3. The Labute approximate surface area is 191 Å². The topological polar surface area (TPSA) is 105 Å². The summed E-state index contributed by atoms with van der Waals surface area (Å²) in [7, 11) is 3.29. The molecule has 0 saturated heterocycles. The maximum Gasteiger partial charge on any atom is 0.341 e. The van der Waals surface area contributed by atoms with Crippen LogP contribution < -0.4 is 10.2 Å². The summed E-state index contributed by atoms with van der Waals surface area (Å²) < 4.78 is 20.3. The number of carboxylic acid groups (broad SMARTS) is 1. The summed E-state index contributed by atoms with van der Waals surface area (Å²) in [6, 6.07) is 6.93. The molecule has 176 valence electrons. The molecule has 0 fully saturated rings. The Kier molecular flexibility index (Phi) is 6.27. The molecule has 0 unspecified atom stereocenters. The minimum Gasteiger partial charge on any atom is -0.491 e. The van der Waals surface area contributed by atoms with Crippen LogP contribution >= 0.6 is 0 Å². The van der Waals surface area contributed by atoms with Crippen LogP contribution in [0.15, 0.2) is 35.3 Å². The van der Waals surface area contributed by atoms with Crippen molar-refractivity contribution in [3.05, 3.63) is 46.2 Å². The van der Waals surface area contributed by atoms with Crippen molar-refractivity contribution in [1.82, 2.24) is 14.3 Å². The summed E-state index contributed by atoms with van der Waals surface area (Å²) in [6.45, 7) is 6.17. The molecule has 2 aromatic heterocycles. The van der Waals surface area contributed by atoms with Crippen LogP contribution in [0.1, 0.15) is 36.7 Å². The van der Waals surface area contributed by atoms with E-state index in [2.05, 4.69) is 13.8 Å². The molecule has 1 aliphatic rings. The lowest BCUT2D eigenvalue weighted by Gasteiger charge is -2.40. The fourth-order valence-electron chi connectivity index (χ4n) is 4.53. The lowest BCUT2D eigenvalue weighted by Crippen LogP contribution is -2.39. The first-order valence-electron chi connectivity index (χ1n) is 10.9. The second-order valence-electron chi connectivity index (χ2n) is 8.96. The number of aromatic carboxylic acids is 1. The van der Waals surface area contributed by atoms with E-state index in [4.69, 9.17) is 19.3 Å². The Bertz CT molecular complexity index is 1240. The molecule has 0 bridgehead atoms. The molecule has 3 aromatic rings. The van der Waals surface area contributed by atoms with E-state index < -0.39 is 11.4 Å². The Balaban J connectivity index is 1.89. The molecule has 1 aromatic carbocycles. The van der Waals surface area contributed by atoms with Crippen LogP contribution in [0, 0.1) is 5.41 Å². The van der Waals surface area contributed by atoms with Gasteiger partial charge in [0.2, 0.25) is 0 Å². The highest BCUT2D eigenvalue weighted by molar-refractivity contribution is 5.96. The number of fused-ring (bicyclic) bond motifs is 5. The van der Waals surface area contributed by atoms with Crippen LogP contribution in [0.4, 0.5) is 0 Å². The van der Waals surface area contributed by atoms with Gasteiger partial charge in [0.05, 0.1) is 37.2 Å². The minimum atomic E-state index is -1.24. The van der Waals surface area contributed by atoms with E-state index in [-0.39, 0.29) is 17.0 Å². The van der Waals surface area contributed by atoms with E-state index in [0.717, 1.165) is 17.5 Å². The summed E-state index contributed by atoms with van der Waals surface area (Å²) in [5, 5.41) is 15.3. The van der Waals surface area contributed by atoms with Crippen molar-refractivity contribution in [2.24, 2.45) is 5.41 Å². The normalized spacial score (nSPS) is 15.3. The van der Waals surface area contributed by atoms with Gasteiger partial charge in [-0.15, -0.1) is 0 Å². The number of methoxy groups -OCH3 is 2. The average molecular weight is 456 g/mol. The van der Waals surface area contributed by atoms with Gasteiger partial charge < -0.3 is 23.9 Å². The quantitative estimate of drug-likeness (QED) is 0.494. The number of pyridine rings is 1. The fraction of sp³-hybridized carbons (Fsp3) is 0.458. The largest absolute Gasteiger partial charge is 0.491 e. The monoisotopic (exact) mass is 455 g/mol. The van der Waals surface area contributed by atoms with Gasteiger partial charge in [-0.25, -0.2) is 4.79 Å². The van der Waals surface area contributed by atoms with Gasteiger partial charge in [0.25, 0.3) is 0 Å². The molecule has 4 rings (SSSR count). The maximum absolute atomic E-state index is 12.7. The zero-order chi connectivity index (χ0) is 23.8. The Morgan fingerprint density at radius 2 is 2.03 bits per heavy atom. The number of rotatable bonds is 9. The third-order valence-electron chi connectivity index (χ3n) is 6.14. The van der Waals surface area contributed by atoms with Crippen molar-refractivity contribution in [2.75, 3.05) is 34.0 Å². The summed E-state index contributed by atoms with van der Waals surface area (Å²) in [6.07, 6.45) is 2.21. The number of aromatic nitrogens is 3. The first-order chi connectivity index (χ1) is 15.8. The highest BCUT2D eigenvalue weighted by atomic mass is 16.5. The third-order valence-corrected chi connectivity index (χ3v) is 6.14. The van der Waals surface area contributed by atoms with Gasteiger partial charge >= 0.3 is 5.97 Å². The van der Waals surface area contributed by atoms with E-state index in [1.807, 2.05) is 27.4 Å². The van der Waals surface area contributed by atoms with Gasteiger partial charge in [-0.3, -0.25) is 9.48 Å². The fourth-order valence-corrected chi connectivity index (χ4v) is 4.53. The molecule has 1 N–H and O–H groups in total. The second-order valence-corrected chi connectivity index (χ2v) is 8.96. The van der Waals surface area contributed by atoms with Crippen molar-refractivity contribution in [2.45, 2.75) is 32.9 Å². The predicted molar refractivity (Wildman–Crippen MR) is 123 cm³/mol. The molecular weight excluding hydrogens is 426 g/mol. The number of hydrogen-bond donors (Lipinski definition) is 1. The van der Waals surface area contributed by atoms with Crippen LogP contribution in [-0.2, 0) is 16.0 Å². The predicted octanol–water partition coefficient (Wildman–Crippen LogP) is 3.21. The first-order valence-corrected chi connectivity index (χ1v) is 10.9. The van der Waals surface area contributed by atoms with E-state index in [1.165, 1.54) is 12.3 Å². The Morgan fingerprint density at radius 3 is 2.73 bits per heavy atom. The molecule has 0 aliphatic carbocycles. The summed E-state index contributed by atoms with van der Waals surface area (Å²) in [5.74, 6) is -0.580. The van der Waals surface area contributed by atoms with Gasteiger partial charge in [-0.2, -0.15) is 5.10 Å². The molecule has 33 heavy (non-hydrogen) atoms. The van der Waals surface area contributed by atoms with Crippen molar-refractivity contribution in [3.8, 4) is 17.1 Å². The van der Waals surface area contributed by atoms with Gasteiger partial charge in [0.1, 0.15) is 16.8 Å². The van der Waals surface area contributed by atoms with Crippen LogP contribution in [0.25, 0.3) is 22.3 Å². The van der Waals surface area contributed by atoms with Gasteiger partial charge in [-0.1, -0.05) is 26.0 Å². The van der Waals surface area contributed by atoms with Crippen LogP contribution in [0.5, 0.6) is 5.75 Å². The van der Waals surface area contributed by atoms with E-state index in [9.17, 15) is 14.7 Å². The second kappa shape index (κ2) is 8.99. The number of nitrogens with zero attached hydrogens (tertiary/aromatic N) is 3.